The highest BCUT2D eigenvalue weighted by atomic mass is 16.6. The predicted molar refractivity (Wildman–Crippen MR) is 99.3 cm³/mol. The molecule has 0 unspecified atom stereocenters. The van der Waals surface area contributed by atoms with Crippen LogP contribution in [0.4, 0.5) is 5.69 Å². The van der Waals surface area contributed by atoms with Gasteiger partial charge in [-0.05, 0) is 35.4 Å². The number of nitrogens with zero attached hydrogens (tertiary/aromatic N) is 3. The van der Waals surface area contributed by atoms with Crippen molar-refractivity contribution >= 4 is 17.7 Å². The molecule has 0 saturated carbocycles. The first-order valence-electron chi connectivity index (χ1n) is 8.24. The second kappa shape index (κ2) is 8.57. The maximum Gasteiger partial charge on any atom is 0.270 e. The average molecular weight is 363 g/mol. The summed E-state index contributed by atoms with van der Waals surface area (Å²) in [5.74, 6) is 0.428. The van der Waals surface area contributed by atoms with Gasteiger partial charge in [-0.3, -0.25) is 19.9 Å². The first-order valence-corrected chi connectivity index (χ1v) is 8.24. The van der Waals surface area contributed by atoms with Crippen LogP contribution in [0.1, 0.15) is 16.9 Å². The number of nitro groups is 1. The van der Waals surface area contributed by atoms with Crippen molar-refractivity contribution in [2.24, 2.45) is 0 Å². The second-order valence-corrected chi connectivity index (χ2v) is 5.82. The van der Waals surface area contributed by atoms with Crippen LogP contribution in [0, 0.1) is 10.1 Å². The van der Waals surface area contributed by atoms with Crippen LogP contribution in [0.3, 0.4) is 0 Å². The quantitative estimate of drug-likeness (QED) is 0.362. The zero-order chi connectivity index (χ0) is 19.1. The fraction of sp³-hybridized carbons (Fsp3) is 0.100. The number of hydrogen-bond donors (Lipinski definition) is 0. The highest BCUT2D eigenvalue weighted by Gasteiger charge is 2.14. The minimum absolute atomic E-state index is 0.0209. The Kier molecular flexibility index (Phi) is 5.73. The number of non-ortho nitro benzene ring substituents is 1. The molecule has 3 aromatic rings. The molecule has 0 radical (unpaired) electrons. The fourth-order valence-electron chi connectivity index (χ4n) is 2.53. The van der Waals surface area contributed by atoms with E-state index in [0.29, 0.717) is 24.4 Å². The van der Waals surface area contributed by atoms with E-state index in [1.165, 1.54) is 18.2 Å². The van der Waals surface area contributed by atoms with Gasteiger partial charge >= 0.3 is 0 Å². The molecule has 1 aromatic carbocycles. The van der Waals surface area contributed by atoms with Crippen LogP contribution in [0.15, 0.2) is 77.7 Å². The Hall–Kier alpha value is -3.74. The van der Waals surface area contributed by atoms with E-state index in [1.54, 1.807) is 53.9 Å². The molecular formula is C20H17N3O4. The smallest absolute Gasteiger partial charge is 0.270 e. The molecule has 0 bridgehead atoms. The molecule has 1 amide bonds. The zero-order valence-electron chi connectivity index (χ0n) is 14.4. The van der Waals surface area contributed by atoms with Crippen molar-refractivity contribution in [1.82, 2.24) is 9.88 Å². The number of pyridine rings is 1. The van der Waals surface area contributed by atoms with E-state index in [2.05, 4.69) is 4.98 Å². The Morgan fingerprint density at radius 2 is 2.07 bits per heavy atom. The van der Waals surface area contributed by atoms with Gasteiger partial charge in [-0.2, -0.15) is 0 Å². The van der Waals surface area contributed by atoms with E-state index in [9.17, 15) is 14.9 Å². The number of hydrogen-bond acceptors (Lipinski definition) is 5. The minimum Gasteiger partial charge on any atom is -0.467 e. The number of amides is 1. The molecular weight excluding hydrogens is 346 g/mol. The van der Waals surface area contributed by atoms with E-state index < -0.39 is 4.92 Å². The van der Waals surface area contributed by atoms with Gasteiger partial charge in [0.25, 0.3) is 5.69 Å². The number of furan rings is 1. The van der Waals surface area contributed by atoms with Gasteiger partial charge in [0.2, 0.25) is 5.91 Å². The summed E-state index contributed by atoms with van der Waals surface area (Å²) >= 11 is 0. The lowest BCUT2D eigenvalue weighted by Crippen LogP contribution is -2.28. The van der Waals surface area contributed by atoms with Crippen molar-refractivity contribution in [3.05, 3.63) is 100 Å². The molecule has 27 heavy (non-hydrogen) atoms. The SMILES string of the molecule is O=C(/C=C/c1cccc([N+](=O)[O-])c1)N(Cc1cccnc1)Cc1ccco1. The first-order chi connectivity index (χ1) is 13.1. The third kappa shape index (κ3) is 5.12. The summed E-state index contributed by atoms with van der Waals surface area (Å²) in [6, 6.07) is 13.4. The lowest BCUT2D eigenvalue weighted by molar-refractivity contribution is -0.384. The van der Waals surface area contributed by atoms with E-state index in [-0.39, 0.29) is 11.6 Å². The molecule has 0 N–H and O–H groups in total. The van der Waals surface area contributed by atoms with Crippen molar-refractivity contribution < 1.29 is 14.1 Å². The van der Waals surface area contributed by atoms with Gasteiger partial charge in [-0.15, -0.1) is 0 Å². The lowest BCUT2D eigenvalue weighted by atomic mass is 10.2. The van der Waals surface area contributed by atoms with Crippen LogP contribution in [-0.2, 0) is 17.9 Å². The molecule has 2 heterocycles. The minimum atomic E-state index is -0.467. The molecule has 0 aliphatic rings. The average Bonchev–Trinajstić information content (AvgIpc) is 3.20. The van der Waals surface area contributed by atoms with Gasteiger partial charge in [0.1, 0.15) is 5.76 Å². The van der Waals surface area contributed by atoms with Gasteiger partial charge in [0.05, 0.1) is 17.7 Å². The van der Waals surface area contributed by atoms with Crippen LogP contribution in [0.5, 0.6) is 0 Å². The van der Waals surface area contributed by atoms with Crippen LogP contribution in [-0.4, -0.2) is 20.7 Å². The standard InChI is InChI=1S/C20H17N3O4/c24-20(9-8-16-4-1-6-18(12-16)23(25)26)22(15-19-7-3-11-27-19)14-17-5-2-10-21-13-17/h1-13H,14-15H2/b9-8+. The highest BCUT2D eigenvalue weighted by molar-refractivity contribution is 5.91. The summed E-state index contributed by atoms with van der Waals surface area (Å²) in [5.41, 5.74) is 1.45. The van der Waals surface area contributed by atoms with Gasteiger partial charge in [0, 0.05) is 37.1 Å². The maximum absolute atomic E-state index is 12.7. The molecule has 0 aliphatic carbocycles. The maximum atomic E-state index is 12.7. The van der Waals surface area contributed by atoms with Crippen molar-refractivity contribution in [2.45, 2.75) is 13.1 Å². The monoisotopic (exact) mass is 363 g/mol. The Morgan fingerprint density at radius 3 is 2.78 bits per heavy atom. The molecule has 0 fully saturated rings. The van der Waals surface area contributed by atoms with Crippen LogP contribution < -0.4 is 0 Å². The molecule has 0 atom stereocenters. The van der Waals surface area contributed by atoms with Crippen LogP contribution >= 0.6 is 0 Å². The van der Waals surface area contributed by atoms with Crippen LogP contribution in [0.25, 0.3) is 6.08 Å². The molecule has 2 aromatic heterocycles. The number of benzene rings is 1. The van der Waals surface area contributed by atoms with E-state index in [0.717, 1.165) is 5.56 Å². The summed E-state index contributed by atoms with van der Waals surface area (Å²) in [5, 5.41) is 10.9. The molecule has 3 rings (SSSR count). The number of nitro benzene ring substituents is 1. The Morgan fingerprint density at radius 1 is 1.19 bits per heavy atom. The van der Waals surface area contributed by atoms with E-state index in [4.69, 9.17) is 4.42 Å². The Bertz CT molecular complexity index is 937. The van der Waals surface area contributed by atoms with Gasteiger partial charge < -0.3 is 9.32 Å². The van der Waals surface area contributed by atoms with Gasteiger partial charge in [-0.25, -0.2) is 0 Å². The van der Waals surface area contributed by atoms with Gasteiger partial charge in [-0.1, -0.05) is 18.2 Å². The molecule has 0 spiro atoms. The number of rotatable bonds is 7. The van der Waals surface area contributed by atoms with Crippen molar-refractivity contribution in [2.75, 3.05) is 0 Å². The molecule has 136 valence electrons. The number of carbonyl (C=O) groups is 1. The van der Waals surface area contributed by atoms with Crippen molar-refractivity contribution in [3.63, 3.8) is 0 Å². The summed E-state index contributed by atoms with van der Waals surface area (Å²) < 4.78 is 5.35. The second-order valence-electron chi connectivity index (χ2n) is 5.82. The Labute approximate surface area is 155 Å². The molecule has 0 aliphatic heterocycles. The van der Waals surface area contributed by atoms with Crippen molar-refractivity contribution in [3.8, 4) is 0 Å². The lowest BCUT2D eigenvalue weighted by Gasteiger charge is -2.20. The van der Waals surface area contributed by atoms with E-state index >= 15 is 0 Å². The summed E-state index contributed by atoms with van der Waals surface area (Å²) in [6.07, 6.45) is 7.89. The number of aromatic nitrogens is 1. The largest absolute Gasteiger partial charge is 0.467 e. The molecule has 0 saturated heterocycles. The first kappa shape index (κ1) is 18.1. The third-order valence-electron chi connectivity index (χ3n) is 3.83. The van der Waals surface area contributed by atoms with E-state index in [1.807, 2.05) is 12.1 Å². The van der Waals surface area contributed by atoms with Gasteiger partial charge in [0.15, 0.2) is 0 Å². The topological polar surface area (TPSA) is 89.5 Å². The fourth-order valence-corrected chi connectivity index (χ4v) is 2.53. The van der Waals surface area contributed by atoms with Crippen molar-refractivity contribution in [1.29, 1.82) is 0 Å². The Balaban J connectivity index is 1.77. The predicted octanol–water partition coefficient (Wildman–Crippen LogP) is 3.83. The summed E-state index contributed by atoms with van der Waals surface area (Å²) in [6.45, 7) is 0.673. The highest BCUT2D eigenvalue weighted by Crippen LogP contribution is 2.15. The van der Waals surface area contributed by atoms with Crippen LogP contribution in [0.2, 0.25) is 0 Å². The third-order valence-corrected chi connectivity index (χ3v) is 3.83. The molecule has 7 heteroatoms. The zero-order valence-corrected chi connectivity index (χ0v) is 14.4. The normalized spacial score (nSPS) is 10.8. The summed E-state index contributed by atoms with van der Waals surface area (Å²) in [7, 11) is 0. The summed E-state index contributed by atoms with van der Waals surface area (Å²) in [4.78, 5) is 28.8. The number of carbonyl (C=O) groups excluding carboxylic acids is 1. The molecule has 7 nitrogen and oxygen atoms in total.